The smallest absolute Gasteiger partial charge is 0.222 e. The maximum atomic E-state index is 13.2. The lowest BCUT2D eigenvalue weighted by atomic mass is 9.80. The first kappa shape index (κ1) is 24.6. The van der Waals surface area contributed by atoms with Crippen LogP contribution in [0.25, 0.3) is 0 Å². The zero-order chi connectivity index (χ0) is 24.6. The van der Waals surface area contributed by atoms with Crippen molar-refractivity contribution >= 4 is 5.91 Å². The third kappa shape index (κ3) is 6.76. The van der Waals surface area contributed by atoms with Crippen LogP contribution in [-0.4, -0.2) is 42.1 Å². The van der Waals surface area contributed by atoms with E-state index in [2.05, 4.69) is 45.7 Å². The molecule has 190 valence electrons. The minimum absolute atomic E-state index is 0.321. The number of piperidine rings is 2. The van der Waals surface area contributed by atoms with Crippen LogP contribution in [0, 0.1) is 17.8 Å². The van der Waals surface area contributed by atoms with Crippen LogP contribution < -0.4 is 10.1 Å². The number of benzene rings is 2. The van der Waals surface area contributed by atoms with E-state index in [0.717, 1.165) is 75.5 Å². The summed E-state index contributed by atoms with van der Waals surface area (Å²) < 4.78 is 11.3. The molecule has 36 heavy (non-hydrogen) atoms. The van der Waals surface area contributed by atoms with Gasteiger partial charge in [0.25, 0.3) is 0 Å². The van der Waals surface area contributed by atoms with Gasteiger partial charge in [-0.3, -0.25) is 4.79 Å². The number of amides is 1. The molecule has 2 saturated heterocycles. The van der Waals surface area contributed by atoms with E-state index in [4.69, 9.17) is 9.26 Å². The average molecular weight is 488 g/mol. The molecule has 2 aromatic carbocycles. The highest BCUT2D eigenvalue weighted by molar-refractivity contribution is 5.76. The Morgan fingerprint density at radius 1 is 0.972 bits per heavy atom. The Bertz CT molecular complexity index is 1080. The predicted octanol–water partition coefficient (Wildman–Crippen LogP) is 4.89. The Labute approximate surface area is 214 Å². The molecule has 0 bridgehead atoms. The highest BCUT2D eigenvalue weighted by Crippen LogP contribution is 2.29. The zero-order valence-electron chi connectivity index (χ0n) is 21.0. The fourth-order valence-electron chi connectivity index (χ4n) is 5.63. The van der Waals surface area contributed by atoms with Crippen molar-refractivity contribution in [3.63, 3.8) is 0 Å². The van der Waals surface area contributed by atoms with Gasteiger partial charge in [-0.05, 0) is 80.6 Å². The molecule has 0 saturated carbocycles. The minimum atomic E-state index is 0.321. The van der Waals surface area contributed by atoms with Gasteiger partial charge in [0.15, 0.2) is 5.76 Å². The number of carbonyl (C=O) groups excluding carboxylic acids is 1. The Hall–Kier alpha value is -3.12. The van der Waals surface area contributed by atoms with Crippen LogP contribution in [0.5, 0.6) is 5.75 Å². The highest BCUT2D eigenvalue weighted by atomic mass is 16.5. The number of aromatic nitrogens is 1. The van der Waals surface area contributed by atoms with Crippen molar-refractivity contribution in [3.8, 4) is 5.75 Å². The second kappa shape index (κ2) is 12.2. The van der Waals surface area contributed by atoms with Crippen molar-refractivity contribution < 1.29 is 14.1 Å². The molecule has 2 fully saturated rings. The van der Waals surface area contributed by atoms with E-state index in [-0.39, 0.29) is 0 Å². The van der Waals surface area contributed by atoms with E-state index < -0.39 is 0 Å². The van der Waals surface area contributed by atoms with Gasteiger partial charge < -0.3 is 19.5 Å². The summed E-state index contributed by atoms with van der Waals surface area (Å²) >= 11 is 0. The summed E-state index contributed by atoms with van der Waals surface area (Å²) in [5, 5.41) is 7.80. The van der Waals surface area contributed by atoms with Crippen LogP contribution >= 0.6 is 0 Å². The fraction of sp³-hybridized carbons (Fsp3) is 0.467. The molecular formula is C30H37N3O3. The number of ether oxygens (including phenoxy) is 1. The molecule has 2 aliphatic rings. The van der Waals surface area contributed by atoms with E-state index in [0.29, 0.717) is 36.7 Å². The highest BCUT2D eigenvalue weighted by Gasteiger charge is 2.31. The summed E-state index contributed by atoms with van der Waals surface area (Å²) in [5.41, 5.74) is 2.34. The lowest BCUT2D eigenvalue weighted by Crippen LogP contribution is -2.43. The number of hydrogen-bond donors (Lipinski definition) is 1. The third-order valence-corrected chi connectivity index (χ3v) is 7.74. The molecule has 6 nitrogen and oxygen atoms in total. The van der Waals surface area contributed by atoms with E-state index >= 15 is 0 Å². The number of nitrogens with zero attached hydrogens (tertiary/aromatic N) is 2. The second-order valence-electron chi connectivity index (χ2n) is 10.3. The molecule has 1 amide bonds. The SMILES string of the molecule is O=C(CC1CCNCC1Cc1cc(COc2ccccc2)on1)N1CCC(Cc2ccccc2)CC1. The lowest BCUT2D eigenvalue weighted by molar-refractivity contribution is -0.134. The Morgan fingerprint density at radius 3 is 2.50 bits per heavy atom. The average Bonchev–Trinajstić information content (AvgIpc) is 3.37. The summed E-state index contributed by atoms with van der Waals surface area (Å²) in [4.78, 5) is 15.3. The van der Waals surface area contributed by atoms with Gasteiger partial charge in [0.2, 0.25) is 5.91 Å². The molecular weight excluding hydrogens is 450 g/mol. The van der Waals surface area contributed by atoms with E-state index in [9.17, 15) is 4.79 Å². The Balaban J connectivity index is 1.09. The summed E-state index contributed by atoms with van der Waals surface area (Å²) in [7, 11) is 0. The van der Waals surface area contributed by atoms with Gasteiger partial charge in [0, 0.05) is 25.6 Å². The first-order valence-electron chi connectivity index (χ1n) is 13.4. The summed E-state index contributed by atoms with van der Waals surface area (Å²) in [5.74, 6) is 3.29. The minimum Gasteiger partial charge on any atom is -0.486 e. The molecule has 2 unspecified atom stereocenters. The lowest BCUT2D eigenvalue weighted by Gasteiger charge is -2.36. The van der Waals surface area contributed by atoms with Crippen molar-refractivity contribution in [3.05, 3.63) is 83.7 Å². The predicted molar refractivity (Wildman–Crippen MR) is 140 cm³/mol. The second-order valence-corrected chi connectivity index (χ2v) is 10.3. The van der Waals surface area contributed by atoms with Crippen LogP contribution in [0.1, 0.15) is 42.7 Å². The topological polar surface area (TPSA) is 67.6 Å². The van der Waals surface area contributed by atoms with Gasteiger partial charge in [-0.25, -0.2) is 0 Å². The molecule has 1 aromatic heterocycles. The van der Waals surface area contributed by atoms with Crippen molar-refractivity contribution in [2.24, 2.45) is 17.8 Å². The fourth-order valence-corrected chi connectivity index (χ4v) is 5.63. The van der Waals surface area contributed by atoms with Crippen molar-refractivity contribution in [2.75, 3.05) is 26.2 Å². The van der Waals surface area contributed by atoms with Crippen molar-refractivity contribution in [1.82, 2.24) is 15.4 Å². The van der Waals surface area contributed by atoms with Gasteiger partial charge in [-0.2, -0.15) is 0 Å². The van der Waals surface area contributed by atoms with Gasteiger partial charge in [0.05, 0.1) is 5.69 Å². The number of rotatable bonds is 9. The molecule has 5 rings (SSSR count). The maximum Gasteiger partial charge on any atom is 0.222 e. The van der Waals surface area contributed by atoms with Crippen LogP contribution in [0.4, 0.5) is 0 Å². The number of likely N-dealkylation sites (tertiary alicyclic amines) is 1. The quantitative estimate of drug-likeness (QED) is 0.465. The van der Waals surface area contributed by atoms with Crippen molar-refractivity contribution in [2.45, 2.75) is 45.1 Å². The molecule has 3 aromatic rings. The Kier molecular flexibility index (Phi) is 8.34. The molecule has 0 aliphatic carbocycles. The van der Waals surface area contributed by atoms with Crippen LogP contribution in [0.2, 0.25) is 0 Å². The molecule has 0 spiro atoms. The number of nitrogens with one attached hydrogen (secondary N) is 1. The summed E-state index contributed by atoms with van der Waals surface area (Å²) in [6.45, 7) is 4.03. The molecule has 1 N–H and O–H groups in total. The number of hydrogen-bond acceptors (Lipinski definition) is 5. The molecule has 2 aliphatic heterocycles. The number of carbonyl (C=O) groups is 1. The summed E-state index contributed by atoms with van der Waals surface area (Å²) in [6, 6.07) is 22.4. The maximum absolute atomic E-state index is 13.2. The Morgan fingerprint density at radius 2 is 1.72 bits per heavy atom. The first-order chi connectivity index (χ1) is 17.7. The van der Waals surface area contributed by atoms with Gasteiger partial charge in [-0.15, -0.1) is 0 Å². The van der Waals surface area contributed by atoms with Gasteiger partial charge >= 0.3 is 0 Å². The van der Waals surface area contributed by atoms with E-state index in [1.54, 1.807) is 0 Å². The molecule has 0 radical (unpaired) electrons. The normalized spacial score (nSPS) is 20.8. The molecule has 6 heteroatoms. The van der Waals surface area contributed by atoms with Crippen molar-refractivity contribution in [1.29, 1.82) is 0 Å². The monoisotopic (exact) mass is 487 g/mol. The third-order valence-electron chi connectivity index (χ3n) is 7.74. The van der Waals surface area contributed by atoms with Gasteiger partial charge in [0.1, 0.15) is 12.4 Å². The summed E-state index contributed by atoms with van der Waals surface area (Å²) in [6.07, 6.45) is 5.81. The zero-order valence-corrected chi connectivity index (χ0v) is 21.0. The van der Waals surface area contributed by atoms with Crippen LogP contribution in [0.3, 0.4) is 0 Å². The van der Waals surface area contributed by atoms with E-state index in [1.807, 2.05) is 36.4 Å². The standard InChI is InChI=1S/C30H37N3O3/c34-30(33-15-12-24(13-16-33)17-23-7-3-1-4-8-23)19-25-11-14-31-21-26(25)18-27-20-29(36-32-27)22-35-28-9-5-2-6-10-28/h1-10,20,24-26,31H,11-19,21-22H2. The van der Waals surface area contributed by atoms with Crippen LogP contribution in [-0.2, 0) is 24.2 Å². The first-order valence-corrected chi connectivity index (χ1v) is 13.4. The largest absolute Gasteiger partial charge is 0.486 e. The van der Waals surface area contributed by atoms with Gasteiger partial charge in [-0.1, -0.05) is 53.7 Å². The molecule has 2 atom stereocenters. The van der Waals surface area contributed by atoms with Crippen LogP contribution in [0.15, 0.2) is 71.3 Å². The van der Waals surface area contributed by atoms with E-state index in [1.165, 1.54) is 5.56 Å². The number of para-hydroxylation sites is 1. The molecule has 3 heterocycles.